The van der Waals surface area contributed by atoms with Crippen LogP contribution in [-0.2, 0) is 0 Å². The van der Waals surface area contributed by atoms with Gasteiger partial charge < -0.3 is 10.2 Å². The van der Waals surface area contributed by atoms with E-state index in [0.717, 1.165) is 17.9 Å². The van der Waals surface area contributed by atoms with Gasteiger partial charge in [0.25, 0.3) is 0 Å². The first-order valence-electron chi connectivity index (χ1n) is 5.65. The molecule has 2 atom stereocenters. The molecule has 1 N–H and O–H groups in total. The number of hydrogen-bond donors (Lipinski definition) is 1. The zero-order valence-corrected chi connectivity index (χ0v) is 9.51. The van der Waals surface area contributed by atoms with E-state index in [1.54, 1.807) is 0 Å². The summed E-state index contributed by atoms with van der Waals surface area (Å²) >= 11 is 0. The van der Waals surface area contributed by atoms with Gasteiger partial charge in [-0.05, 0) is 38.0 Å². The first-order chi connectivity index (χ1) is 6.20. The molecule has 78 valence electrons. The Balaban J connectivity index is 2.60. The molecular weight excluding hydrogens is 160 g/mol. The van der Waals surface area contributed by atoms with Crippen LogP contribution in [0.15, 0.2) is 0 Å². The summed E-state index contributed by atoms with van der Waals surface area (Å²) in [4.78, 5) is 2.61. The minimum atomic E-state index is 0.788. The average Bonchev–Trinajstić information content (AvgIpc) is 2.11. The van der Waals surface area contributed by atoms with Crippen molar-refractivity contribution in [3.63, 3.8) is 0 Å². The quantitative estimate of drug-likeness (QED) is 0.716. The predicted molar refractivity (Wildman–Crippen MR) is 57.9 cm³/mol. The Morgan fingerprint density at radius 3 is 1.92 bits per heavy atom. The lowest BCUT2D eigenvalue weighted by Crippen LogP contribution is -2.53. The van der Waals surface area contributed by atoms with Crippen LogP contribution < -0.4 is 5.32 Å². The molecule has 1 heterocycles. The van der Waals surface area contributed by atoms with Gasteiger partial charge in [0.15, 0.2) is 0 Å². The molecule has 0 spiro atoms. The molecule has 1 fully saturated rings. The monoisotopic (exact) mass is 184 g/mol. The topological polar surface area (TPSA) is 15.3 Å². The number of rotatable bonds is 3. The first kappa shape index (κ1) is 11.0. The van der Waals surface area contributed by atoms with Gasteiger partial charge in [0.1, 0.15) is 0 Å². The van der Waals surface area contributed by atoms with Crippen LogP contribution in [0.5, 0.6) is 0 Å². The minimum Gasteiger partial charge on any atom is -0.316 e. The van der Waals surface area contributed by atoms with E-state index in [2.05, 4.69) is 37.9 Å². The van der Waals surface area contributed by atoms with Gasteiger partial charge in [-0.25, -0.2) is 0 Å². The van der Waals surface area contributed by atoms with E-state index in [-0.39, 0.29) is 0 Å². The second-order valence-electron chi connectivity index (χ2n) is 4.32. The maximum Gasteiger partial charge on any atom is 0.0170 e. The molecule has 1 saturated heterocycles. The number of hydrogen-bond acceptors (Lipinski definition) is 2. The molecule has 0 aromatic heterocycles. The molecule has 0 aliphatic carbocycles. The number of nitrogens with one attached hydrogen (secondary N) is 1. The average molecular weight is 184 g/mol. The summed E-state index contributed by atoms with van der Waals surface area (Å²) in [5.41, 5.74) is 0. The molecule has 0 aromatic rings. The molecule has 2 unspecified atom stereocenters. The van der Waals surface area contributed by atoms with Gasteiger partial charge in [-0.3, -0.25) is 0 Å². The molecule has 2 heteroatoms. The van der Waals surface area contributed by atoms with E-state index in [1.807, 2.05) is 0 Å². The van der Waals surface area contributed by atoms with Crippen LogP contribution >= 0.6 is 0 Å². The van der Waals surface area contributed by atoms with Crippen LogP contribution in [0.1, 0.15) is 27.7 Å². The summed E-state index contributed by atoms with van der Waals surface area (Å²) in [6.45, 7) is 14.0. The Bertz CT molecular complexity index is 133. The van der Waals surface area contributed by atoms with Crippen molar-refractivity contribution in [2.24, 2.45) is 11.8 Å². The molecule has 1 aliphatic heterocycles. The van der Waals surface area contributed by atoms with Crippen LogP contribution in [-0.4, -0.2) is 37.1 Å². The van der Waals surface area contributed by atoms with Gasteiger partial charge in [-0.15, -0.1) is 0 Å². The molecule has 1 rings (SSSR count). The van der Waals surface area contributed by atoms with Crippen LogP contribution in [0, 0.1) is 11.8 Å². The summed E-state index contributed by atoms with van der Waals surface area (Å²) in [6, 6.07) is 0.788. The highest BCUT2D eigenvalue weighted by molar-refractivity contribution is 4.87. The lowest BCUT2D eigenvalue weighted by atomic mass is 9.85. The van der Waals surface area contributed by atoms with E-state index >= 15 is 0 Å². The Kier molecular flexibility index (Phi) is 4.20. The first-order valence-corrected chi connectivity index (χ1v) is 5.65. The smallest absolute Gasteiger partial charge is 0.0170 e. The number of nitrogens with zero attached hydrogens (tertiary/aromatic N) is 1. The molecular formula is C11H24N2. The Morgan fingerprint density at radius 1 is 1.08 bits per heavy atom. The van der Waals surface area contributed by atoms with E-state index in [1.165, 1.54) is 26.2 Å². The lowest BCUT2D eigenvalue weighted by molar-refractivity contribution is 0.0885. The fourth-order valence-corrected chi connectivity index (χ4v) is 2.71. The molecule has 0 bridgehead atoms. The highest BCUT2D eigenvalue weighted by Gasteiger charge is 2.30. The van der Waals surface area contributed by atoms with Crippen LogP contribution in [0.4, 0.5) is 0 Å². The zero-order valence-electron chi connectivity index (χ0n) is 9.51. The third kappa shape index (κ3) is 2.44. The van der Waals surface area contributed by atoms with Gasteiger partial charge in [-0.2, -0.15) is 0 Å². The number of piperidine rings is 1. The standard InChI is InChI=1S/C11H24N2/c1-5-13(6-2)11-9(3)7-12-8-10(11)4/h9-12H,5-8H2,1-4H3. The maximum atomic E-state index is 3.49. The van der Waals surface area contributed by atoms with Gasteiger partial charge >= 0.3 is 0 Å². The SMILES string of the molecule is CCN(CC)C1C(C)CNCC1C. The van der Waals surface area contributed by atoms with Crippen molar-refractivity contribution in [3.8, 4) is 0 Å². The minimum absolute atomic E-state index is 0.788. The maximum absolute atomic E-state index is 3.49. The highest BCUT2D eigenvalue weighted by atomic mass is 15.2. The van der Waals surface area contributed by atoms with E-state index < -0.39 is 0 Å². The largest absolute Gasteiger partial charge is 0.316 e. The van der Waals surface area contributed by atoms with Gasteiger partial charge in [-0.1, -0.05) is 27.7 Å². The zero-order chi connectivity index (χ0) is 9.84. The van der Waals surface area contributed by atoms with Crippen molar-refractivity contribution in [3.05, 3.63) is 0 Å². The molecule has 0 radical (unpaired) electrons. The molecule has 2 nitrogen and oxygen atoms in total. The van der Waals surface area contributed by atoms with Crippen molar-refractivity contribution in [2.75, 3.05) is 26.2 Å². The summed E-state index contributed by atoms with van der Waals surface area (Å²) in [5.74, 6) is 1.59. The lowest BCUT2D eigenvalue weighted by Gasteiger charge is -2.42. The Hall–Kier alpha value is -0.0800. The van der Waals surface area contributed by atoms with Crippen molar-refractivity contribution < 1.29 is 0 Å². The third-order valence-corrected chi connectivity index (χ3v) is 3.33. The van der Waals surface area contributed by atoms with Crippen LogP contribution in [0.2, 0.25) is 0 Å². The highest BCUT2D eigenvalue weighted by Crippen LogP contribution is 2.22. The van der Waals surface area contributed by atoms with Gasteiger partial charge in [0.05, 0.1) is 0 Å². The normalized spacial score (nSPS) is 35.3. The predicted octanol–water partition coefficient (Wildman–Crippen LogP) is 1.57. The summed E-state index contributed by atoms with van der Waals surface area (Å²) in [5, 5.41) is 3.49. The van der Waals surface area contributed by atoms with Crippen LogP contribution in [0.25, 0.3) is 0 Å². The molecule has 0 saturated carbocycles. The van der Waals surface area contributed by atoms with Gasteiger partial charge in [0, 0.05) is 6.04 Å². The van der Waals surface area contributed by atoms with Crippen molar-refractivity contribution >= 4 is 0 Å². The summed E-state index contributed by atoms with van der Waals surface area (Å²) in [6.07, 6.45) is 0. The fraction of sp³-hybridized carbons (Fsp3) is 1.00. The van der Waals surface area contributed by atoms with Crippen LogP contribution in [0.3, 0.4) is 0 Å². The van der Waals surface area contributed by atoms with E-state index in [9.17, 15) is 0 Å². The molecule has 13 heavy (non-hydrogen) atoms. The van der Waals surface area contributed by atoms with Crippen molar-refractivity contribution in [2.45, 2.75) is 33.7 Å². The Labute approximate surface area is 82.7 Å². The summed E-state index contributed by atoms with van der Waals surface area (Å²) < 4.78 is 0. The summed E-state index contributed by atoms with van der Waals surface area (Å²) in [7, 11) is 0. The third-order valence-electron chi connectivity index (χ3n) is 3.33. The molecule has 0 aromatic carbocycles. The fourth-order valence-electron chi connectivity index (χ4n) is 2.71. The molecule has 1 aliphatic rings. The second kappa shape index (κ2) is 4.97. The second-order valence-corrected chi connectivity index (χ2v) is 4.32. The molecule has 0 amide bonds. The van der Waals surface area contributed by atoms with Crippen molar-refractivity contribution in [1.82, 2.24) is 10.2 Å². The van der Waals surface area contributed by atoms with E-state index in [4.69, 9.17) is 0 Å². The Morgan fingerprint density at radius 2 is 1.54 bits per heavy atom. The van der Waals surface area contributed by atoms with Crippen molar-refractivity contribution in [1.29, 1.82) is 0 Å². The van der Waals surface area contributed by atoms with Gasteiger partial charge in [0.2, 0.25) is 0 Å². The van der Waals surface area contributed by atoms with E-state index in [0.29, 0.717) is 0 Å².